The zero-order chi connectivity index (χ0) is 54.9. The first-order chi connectivity index (χ1) is 36.6. The molecule has 0 aromatic carbocycles. The Kier molecular flexibility index (Phi) is 59.7. The topological polar surface area (TPSA) is 122 Å². The third-order valence-corrected chi connectivity index (χ3v) is 17.6. The Bertz CT molecular complexity index is 1020. The molecular formula is C65H130N2O6S2. The van der Waals surface area contributed by atoms with E-state index >= 15 is 0 Å². The standard InChI is InChI=1S/C65H130N2O6S2/c1-5-9-13-17-21-25-29-33-37-41-46-60(68)56-66(57-61(69)47-42-38-34-30-26-22-18-14-10-6-2)52-50-64(72)74-54-45-55-75-65(73)51-53-67(58-62(70)48-43-39-35-31-27-23-19-15-11-7-3)59-63(71)49-44-40-36-32-28-24-20-16-12-8-4/h60-63,68-71H,5-59H2,1-4H3. The van der Waals surface area contributed by atoms with E-state index in [1.165, 1.54) is 229 Å². The fourth-order valence-electron chi connectivity index (χ4n) is 10.6. The van der Waals surface area contributed by atoms with Crippen LogP contribution in [-0.4, -0.2) is 116 Å². The van der Waals surface area contributed by atoms with E-state index in [0.717, 1.165) is 83.5 Å². The van der Waals surface area contributed by atoms with Gasteiger partial charge in [0.2, 0.25) is 0 Å². The Balaban J connectivity index is 4.90. The monoisotopic (exact) mass is 1100 g/mol. The van der Waals surface area contributed by atoms with Crippen molar-refractivity contribution in [3.8, 4) is 0 Å². The van der Waals surface area contributed by atoms with Crippen molar-refractivity contribution in [2.24, 2.45) is 0 Å². The van der Waals surface area contributed by atoms with Crippen molar-refractivity contribution in [3.63, 3.8) is 0 Å². The smallest absolute Gasteiger partial charge is 0.190 e. The molecule has 0 spiro atoms. The third kappa shape index (κ3) is 56.9. The van der Waals surface area contributed by atoms with Gasteiger partial charge in [-0.1, -0.05) is 308 Å². The van der Waals surface area contributed by atoms with Crippen LogP contribution >= 0.6 is 23.5 Å². The molecule has 0 heterocycles. The average Bonchev–Trinajstić information content (AvgIpc) is 3.39. The molecule has 0 amide bonds. The van der Waals surface area contributed by atoms with Gasteiger partial charge in [0.1, 0.15) is 0 Å². The van der Waals surface area contributed by atoms with Crippen LogP contribution < -0.4 is 0 Å². The molecule has 4 N–H and O–H groups in total. The van der Waals surface area contributed by atoms with E-state index in [9.17, 15) is 30.0 Å². The van der Waals surface area contributed by atoms with Gasteiger partial charge in [0.25, 0.3) is 0 Å². The minimum absolute atomic E-state index is 0.132. The first kappa shape index (κ1) is 74.8. The lowest BCUT2D eigenvalue weighted by Gasteiger charge is -2.27. The summed E-state index contributed by atoms with van der Waals surface area (Å²) in [6.07, 6.45) is 53.6. The van der Waals surface area contributed by atoms with Gasteiger partial charge in [0, 0.05) is 63.6 Å². The van der Waals surface area contributed by atoms with Gasteiger partial charge >= 0.3 is 0 Å². The molecule has 10 heteroatoms. The van der Waals surface area contributed by atoms with E-state index in [1.54, 1.807) is 0 Å². The van der Waals surface area contributed by atoms with E-state index < -0.39 is 24.4 Å². The van der Waals surface area contributed by atoms with Crippen LogP contribution in [0.2, 0.25) is 0 Å². The summed E-state index contributed by atoms with van der Waals surface area (Å²) >= 11 is 2.70. The summed E-state index contributed by atoms with van der Waals surface area (Å²) in [5.74, 6) is 1.34. The molecule has 0 aliphatic rings. The highest BCUT2D eigenvalue weighted by molar-refractivity contribution is 8.14. The number of carbonyl (C=O) groups is 2. The number of thioether (sulfide) groups is 2. The van der Waals surface area contributed by atoms with Crippen molar-refractivity contribution >= 4 is 33.8 Å². The molecule has 0 aromatic rings. The Morgan fingerprint density at radius 3 is 0.680 bits per heavy atom. The van der Waals surface area contributed by atoms with Gasteiger partial charge in [-0.2, -0.15) is 0 Å². The zero-order valence-electron chi connectivity index (χ0n) is 50.5. The molecule has 0 radical (unpaired) electrons. The molecule has 0 saturated heterocycles. The molecule has 0 aliphatic carbocycles. The van der Waals surface area contributed by atoms with E-state index in [0.29, 0.717) is 63.6 Å². The Morgan fingerprint density at radius 2 is 0.480 bits per heavy atom. The van der Waals surface area contributed by atoms with Crippen LogP contribution in [0.25, 0.3) is 0 Å². The minimum atomic E-state index is -0.452. The SMILES string of the molecule is CCCCCCCCCCCCC(O)CN(CCC(=O)SCCCSC(=O)CCN(CC(O)CCCCCCCCCCCC)CC(O)CCCCCCCCCCCC)CC(O)CCCCCCCCCCCC. The maximum atomic E-state index is 13.1. The third-order valence-electron chi connectivity index (χ3n) is 15.5. The van der Waals surface area contributed by atoms with E-state index in [2.05, 4.69) is 37.5 Å². The summed E-state index contributed by atoms with van der Waals surface area (Å²) in [5, 5.41) is 44.6. The largest absolute Gasteiger partial charge is 0.392 e. The van der Waals surface area contributed by atoms with Crippen molar-refractivity contribution in [1.29, 1.82) is 0 Å². The summed E-state index contributed by atoms with van der Waals surface area (Å²) in [5.41, 5.74) is 0. The highest BCUT2D eigenvalue weighted by Crippen LogP contribution is 2.20. The van der Waals surface area contributed by atoms with Gasteiger partial charge in [-0.25, -0.2) is 0 Å². The number of hydrogen-bond donors (Lipinski definition) is 4. The van der Waals surface area contributed by atoms with Crippen molar-refractivity contribution in [2.75, 3.05) is 50.8 Å². The lowest BCUT2D eigenvalue weighted by atomic mass is 10.0. The summed E-state index contributed by atoms with van der Waals surface area (Å²) in [6, 6.07) is 0. The van der Waals surface area contributed by atoms with Crippen LogP contribution in [0.15, 0.2) is 0 Å². The number of aliphatic hydroxyl groups excluding tert-OH is 4. The minimum Gasteiger partial charge on any atom is -0.392 e. The van der Waals surface area contributed by atoms with Crippen molar-refractivity contribution in [3.05, 3.63) is 0 Å². The molecule has 4 atom stereocenters. The fraction of sp³-hybridized carbons (Fsp3) is 0.969. The van der Waals surface area contributed by atoms with Crippen LogP contribution in [0.1, 0.15) is 329 Å². The van der Waals surface area contributed by atoms with Gasteiger partial charge in [-0.05, 0) is 32.1 Å². The molecule has 0 aromatic heterocycles. The average molecular weight is 1100 g/mol. The normalized spacial score (nSPS) is 13.6. The maximum absolute atomic E-state index is 13.1. The van der Waals surface area contributed by atoms with Crippen LogP contribution in [0.3, 0.4) is 0 Å². The second-order valence-electron chi connectivity index (χ2n) is 23.3. The van der Waals surface area contributed by atoms with Crippen molar-refractivity contribution in [2.45, 2.75) is 354 Å². The Hall–Kier alpha value is -0.200. The van der Waals surface area contributed by atoms with Crippen LogP contribution in [-0.2, 0) is 9.59 Å². The number of carbonyl (C=O) groups excluding carboxylic acids is 2. The highest BCUT2D eigenvalue weighted by Gasteiger charge is 2.19. The first-order valence-corrected chi connectivity index (χ1v) is 35.1. The lowest BCUT2D eigenvalue weighted by Crippen LogP contribution is -2.39. The predicted molar refractivity (Wildman–Crippen MR) is 332 cm³/mol. The molecule has 8 nitrogen and oxygen atoms in total. The maximum Gasteiger partial charge on any atom is 0.190 e. The Labute approximate surface area is 475 Å². The molecule has 0 bridgehead atoms. The number of rotatable bonds is 62. The molecular weight excluding hydrogens is 969 g/mol. The second kappa shape index (κ2) is 59.9. The summed E-state index contributed by atoms with van der Waals surface area (Å²) in [6.45, 7) is 12.1. The molecule has 0 fully saturated rings. The van der Waals surface area contributed by atoms with Crippen LogP contribution in [0.4, 0.5) is 0 Å². The molecule has 4 unspecified atom stereocenters. The number of nitrogens with zero attached hydrogens (tertiary/aromatic N) is 2. The molecule has 0 saturated carbocycles. The molecule has 0 aliphatic heterocycles. The van der Waals surface area contributed by atoms with Gasteiger partial charge in [0.15, 0.2) is 10.2 Å². The lowest BCUT2D eigenvalue weighted by molar-refractivity contribution is -0.112. The van der Waals surface area contributed by atoms with Gasteiger partial charge in [0.05, 0.1) is 24.4 Å². The zero-order valence-corrected chi connectivity index (χ0v) is 52.1. The van der Waals surface area contributed by atoms with Gasteiger partial charge < -0.3 is 20.4 Å². The van der Waals surface area contributed by atoms with E-state index in [1.807, 2.05) is 0 Å². The van der Waals surface area contributed by atoms with E-state index in [4.69, 9.17) is 0 Å². The van der Waals surface area contributed by atoms with Crippen LogP contribution in [0.5, 0.6) is 0 Å². The van der Waals surface area contributed by atoms with Crippen molar-refractivity contribution in [1.82, 2.24) is 9.80 Å². The highest BCUT2D eigenvalue weighted by atomic mass is 32.2. The van der Waals surface area contributed by atoms with Crippen LogP contribution in [0, 0.1) is 0 Å². The van der Waals surface area contributed by atoms with Crippen molar-refractivity contribution < 1.29 is 30.0 Å². The fourth-order valence-corrected chi connectivity index (χ4v) is 12.3. The number of hydrogen-bond acceptors (Lipinski definition) is 10. The molecule has 0 rings (SSSR count). The molecule has 448 valence electrons. The summed E-state index contributed by atoms with van der Waals surface area (Å²) in [4.78, 5) is 30.5. The number of aliphatic hydroxyl groups is 4. The summed E-state index contributed by atoms with van der Waals surface area (Å²) < 4.78 is 0. The first-order valence-electron chi connectivity index (χ1n) is 33.1. The van der Waals surface area contributed by atoms with Gasteiger partial charge in [-0.3, -0.25) is 19.4 Å². The van der Waals surface area contributed by atoms with Gasteiger partial charge in [-0.15, -0.1) is 0 Å². The number of unbranched alkanes of at least 4 members (excludes halogenated alkanes) is 36. The Morgan fingerprint density at radius 1 is 0.293 bits per heavy atom. The second-order valence-corrected chi connectivity index (χ2v) is 25.6. The molecule has 75 heavy (non-hydrogen) atoms. The quantitative estimate of drug-likeness (QED) is 0.0438. The predicted octanol–water partition coefficient (Wildman–Crippen LogP) is 18.0. The summed E-state index contributed by atoms with van der Waals surface area (Å²) in [7, 11) is 0. The van der Waals surface area contributed by atoms with E-state index in [-0.39, 0.29) is 10.2 Å².